The number of hydrogen-bond acceptors (Lipinski definition) is 4. The number of allylic oxidation sites excluding steroid dienone is 1. The summed E-state index contributed by atoms with van der Waals surface area (Å²) >= 11 is 0. The molecule has 0 radical (unpaired) electrons. The average Bonchev–Trinajstić information content (AvgIpc) is 2.46. The van der Waals surface area contributed by atoms with Crippen LogP contribution in [0.3, 0.4) is 0 Å². The van der Waals surface area contributed by atoms with E-state index < -0.39 is 0 Å². The molecule has 0 aliphatic rings. The van der Waals surface area contributed by atoms with Gasteiger partial charge in [-0.2, -0.15) is 0 Å². The molecule has 4 N–H and O–H groups in total. The SMILES string of the molecule is Oc1ccc(C#CC/C=C/c2ccc(O)c(O)c2)cc1O. The lowest BCUT2D eigenvalue weighted by atomic mass is 10.1. The molecule has 0 heterocycles. The van der Waals surface area contributed by atoms with Crippen LogP contribution in [0.4, 0.5) is 0 Å². The Kier molecular flexibility index (Phi) is 4.37. The van der Waals surface area contributed by atoms with E-state index in [0.29, 0.717) is 12.0 Å². The Labute approximate surface area is 122 Å². The first-order valence-electron chi connectivity index (χ1n) is 6.25. The molecule has 0 spiro atoms. The van der Waals surface area contributed by atoms with Crippen LogP contribution in [-0.2, 0) is 0 Å². The molecule has 0 aliphatic carbocycles. The van der Waals surface area contributed by atoms with Crippen LogP contribution < -0.4 is 0 Å². The van der Waals surface area contributed by atoms with E-state index in [2.05, 4.69) is 11.8 Å². The topological polar surface area (TPSA) is 80.9 Å². The molecular weight excluding hydrogens is 268 g/mol. The Morgan fingerprint density at radius 1 is 0.810 bits per heavy atom. The van der Waals surface area contributed by atoms with Gasteiger partial charge in [-0.25, -0.2) is 0 Å². The van der Waals surface area contributed by atoms with Crippen LogP contribution in [-0.4, -0.2) is 20.4 Å². The van der Waals surface area contributed by atoms with Crippen molar-refractivity contribution in [2.24, 2.45) is 0 Å². The maximum absolute atomic E-state index is 9.34. The van der Waals surface area contributed by atoms with Crippen LogP contribution in [0.1, 0.15) is 17.5 Å². The number of hydrogen-bond donors (Lipinski definition) is 4. The van der Waals surface area contributed by atoms with Crippen LogP contribution >= 0.6 is 0 Å². The van der Waals surface area contributed by atoms with Gasteiger partial charge in [-0.1, -0.05) is 30.1 Å². The van der Waals surface area contributed by atoms with Gasteiger partial charge >= 0.3 is 0 Å². The molecule has 2 aromatic carbocycles. The zero-order valence-electron chi connectivity index (χ0n) is 11.1. The molecule has 2 rings (SSSR count). The van der Waals surface area contributed by atoms with E-state index in [1.807, 2.05) is 6.08 Å². The van der Waals surface area contributed by atoms with Gasteiger partial charge in [0.15, 0.2) is 23.0 Å². The van der Waals surface area contributed by atoms with Crippen molar-refractivity contribution >= 4 is 6.08 Å². The van der Waals surface area contributed by atoms with E-state index >= 15 is 0 Å². The summed E-state index contributed by atoms with van der Waals surface area (Å²) < 4.78 is 0. The third kappa shape index (κ3) is 3.95. The molecule has 21 heavy (non-hydrogen) atoms. The van der Waals surface area contributed by atoms with Crippen LogP contribution in [0.5, 0.6) is 23.0 Å². The number of phenolic OH excluding ortho intramolecular Hbond substituents is 4. The van der Waals surface area contributed by atoms with Crippen LogP contribution in [0.2, 0.25) is 0 Å². The normalized spacial score (nSPS) is 10.3. The fourth-order valence-electron chi connectivity index (χ4n) is 1.65. The minimum absolute atomic E-state index is 0.154. The maximum atomic E-state index is 9.34. The largest absolute Gasteiger partial charge is 0.504 e. The van der Waals surface area contributed by atoms with E-state index in [9.17, 15) is 20.4 Å². The van der Waals surface area contributed by atoms with Gasteiger partial charge in [0.1, 0.15) is 0 Å². The maximum Gasteiger partial charge on any atom is 0.158 e. The zero-order chi connectivity index (χ0) is 15.2. The van der Waals surface area contributed by atoms with Gasteiger partial charge in [0.25, 0.3) is 0 Å². The Bertz CT molecular complexity index is 736. The van der Waals surface area contributed by atoms with Gasteiger partial charge in [-0.3, -0.25) is 0 Å². The van der Waals surface area contributed by atoms with E-state index in [0.717, 1.165) is 5.56 Å². The van der Waals surface area contributed by atoms with E-state index in [-0.39, 0.29) is 23.0 Å². The first kappa shape index (κ1) is 14.4. The predicted molar refractivity (Wildman–Crippen MR) is 80.1 cm³/mol. The van der Waals surface area contributed by atoms with Gasteiger partial charge in [-0.05, 0) is 35.9 Å². The van der Waals surface area contributed by atoms with Crippen molar-refractivity contribution in [3.63, 3.8) is 0 Å². The lowest BCUT2D eigenvalue weighted by molar-refractivity contribution is 0.403. The Balaban J connectivity index is 1.97. The van der Waals surface area contributed by atoms with Crippen LogP contribution in [0, 0.1) is 11.8 Å². The summed E-state index contributed by atoms with van der Waals surface area (Å²) in [5.41, 5.74) is 1.37. The van der Waals surface area contributed by atoms with Crippen molar-refractivity contribution in [3.8, 4) is 34.8 Å². The summed E-state index contributed by atoms with van der Waals surface area (Å²) in [5, 5.41) is 37.0. The quantitative estimate of drug-likeness (QED) is 0.504. The third-order valence-electron chi connectivity index (χ3n) is 2.74. The summed E-state index contributed by atoms with van der Waals surface area (Å²) in [6.45, 7) is 0. The second kappa shape index (κ2) is 6.40. The standard InChI is InChI=1S/C17H14O4/c18-14-8-6-12(10-16(14)20)4-2-1-3-5-13-7-9-15(19)17(21)11-13/h2,4,6-11,18-21H,1H2/b4-2+. The molecule has 2 aromatic rings. The monoisotopic (exact) mass is 282 g/mol. The fraction of sp³-hybridized carbons (Fsp3) is 0.0588. The van der Waals surface area contributed by atoms with Crippen molar-refractivity contribution in [1.29, 1.82) is 0 Å². The molecule has 0 atom stereocenters. The summed E-state index contributed by atoms with van der Waals surface area (Å²) in [6, 6.07) is 8.94. The molecule has 0 saturated carbocycles. The summed E-state index contributed by atoms with van der Waals surface area (Å²) in [7, 11) is 0. The minimum Gasteiger partial charge on any atom is -0.504 e. The molecule has 0 unspecified atom stereocenters. The minimum atomic E-state index is -0.197. The third-order valence-corrected chi connectivity index (χ3v) is 2.74. The zero-order valence-corrected chi connectivity index (χ0v) is 11.1. The first-order chi connectivity index (χ1) is 10.1. The molecule has 0 fully saturated rings. The van der Waals surface area contributed by atoms with Gasteiger partial charge in [0.2, 0.25) is 0 Å². The van der Waals surface area contributed by atoms with Crippen molar-refractivity contribution in [2.75, 3.05) is 0 Å². The number of phenols is 4. The lowest BCUT2D eigenvalue weighted by Gasteiger charge is -1.97. The fourth-order valence-corrected chi connectivity index (χ4v) is 1.65. The summed E-state index contributed by atoms with van der Waals surface area (Å²) in [6.07, 6.45) is 4.09. The van der Waals surface area contributed by atoms with Crippen molar-refractivity contribution in [1.82, 2.24) is 0 Å². The highest BCUT2D eigenvalue weighted by molar-refractivity contribution is 5.55. The van der Waals surface area contributed by atoms with E-state index in [4.69, 9.17) is 0 Å². The first-order valence-corrected chi connectivity index (χ1v) is 6.25. The van der Waals surface area contributed by atoms with Gasteiger partial charge < -0.3 is 20.4 Å². The Morgan fingerprint density at radius 3 is 2.14 bits per heavy atom. The number of aromatic hydroxyl groups is 4. The molecule has 0 aromatic heterocycles. The highest BCUT2D eigenvalue weighted by Gasteiger charge is 1.98. The van der Waals surface area contributed by atoms with Gasteiger partial charge in [0, 0.05) is 12.0 Å². The highest BCUT2D eigenvalue weighted by Crippen LogP contribution is 2.25. The van der Waals surface area contributed by atoms with Crippen LogP contribution in [0.25, 0.3) is 6.08 Å². The smallest absolute Gasteiger partial charge is 0.158 e. The molecule has 0 amide bonds. The molecule has 4 heteroatoms. The predicted octanol–water partition coefficient (Wildman–Crippen LogP) is 2.96. The molecule has 0 saturated heterocycles. The van der Waals surface area contributed by atoms with E-state index in [1.165, 1.54) is 24.3 Å². The van der Waals surface area contributed by atoms with Crippen LogP contribution in [0.15, 0.2) is 42.5 Å². The van der Waals surface area contributed by atoms with Gasteiger partial charge in [-0.15, -0.1) is 0 Å². The molecule has 0 aliphatic heterocycles. The Hall–Kier alpha value is -3.06. The lowest BCUT2D eigenvalue weighted by Crippen LogP contribution is -1.75. The van der Waals surface area contributed by atoms with E-state index in [1.54, 1.807) is 18.2 Å². The molecule has 4 nitrogen and oxygen atoms in total. The second-order valence-electron chi connectivity index (χ2n) is 4.36. The Morgan fingerprint density at radius 2 is 1.48 bits per heavy atom. The summed E-state index contributed by atoms with van der Waals surface area (Å²) in [4.78, 5) is 0. The molecule has 106 valence electrons. The van der Waals surface area contributed by atoms with Crippen molar-refractivity contribution in [3.05, 3.63) is 53.6 Å². The average molecular weight is 282 g/mol. The van der Waals surface area contributed by atoms with Crippen molar-refractivity contribution < 1.29 is 20.4 Å². The number of benzene rings is 2. The molecule has 0 bridgehead atoms. The van der Waals surface area contributed by atoms with Gasteiger partial charge in [0.05, 0.1) is 0 Å². The van der Waals surface area contributed by atoms with Crippen molar-refractivity contribution in [2.45, 2.75) is 6.42 Å². The number of rotatable bonds is 2. The molecular formula is C17H14O4. The second-order valence-corrected chi connectivity index (χ2v) is 4.36. The highest BCUT2D eigenvalue weighted by atomic mass is 16.3. The summed E-state index contributed by atoms with van der Waals surface area (Å²) in [5.74, 6) is 5.07.